The van der Waals surface area contributed by atoms with E-state index < -0.39 is 0 Å². The summed E-state index contributed by atoms with van der Waals surface area (Å²) in [6.07, 6.45) is 2.80. The van der Waals surface area contributed by atoms with E-state index in [0.717, 1.165) is 0 Å². The van der Waals surface area contributed by atoms with E-state index in [1.165, 1.54) is 12.5 Å². The summed E-state index contributed by atoms with van der Waals surface area (Å²) in [6, 6.07) is 1.96. The fourth-order valence-electron chi connectivity index (χ4n) is 1.14. The van der Waals surface area contributed by atoms with Crippen LogP contribution in [0, 0.1) is 11.3 Å². The summed E-state index contributed by atoms with van der Waals surface area (Å²) in [5, 5.41) is 17.9. The van der Waals surface area contributed by atoms with Gasteiger partial charge in [0.25, 0.3) is 0 Å². The van der Waals surface area contributed by atoms with Crippen molar-refractivity contribution in [2.45, 2.75) is 13.8 Å². The first-order valence-corrected chi connectivity index (χ1v) is 4.49. The topological polar surface area (TPSA) is 97.6 Å². The molecule has 0 aliphatic rings. The highest BCUT2D eigenvalue weighted by Gasteiger charge is 2.09. The second kappa shape index (κ2) is 4.93. The molecule has 0 aliphatic heterocycles. The van der Waals surface area contributed by atoms with Crippen LogP contribution in [0.3, 0.4) is 0 Å². The molecule has 15 heavy (non-hydrogen) atoms. The number of nitrogens with one attached hydrogen (secondary N) is 2. The van der Waals surface area contributed by atoms with Crippen molar-refractivity contribution in [2.75, 3.05) is 5.48 Å². The van der Waals surface area contributed by atoms with Crippen molar-refractivity contribution in [1.29, 1.82) is 5.26 Å². The third kappa shape index (κ3) is 1.87. The van der Waals surface area contributed by atoms with Gasteiger partial charge < -0.3 is 4.98 Å². The highest BCUT2D eigenvalue weighted by Crippen LogP contribution is 2.21. The number of nitriles is 1. The van der Waals surface area contributed by atoms with E-state index in [9.17, 15) is 0 Å². The molecule has 2 aromatic rings. The van der Waals surface area contributed by atoms with Gasteiger partial charge in [0.15, 0.2) is 5.82 Å². The molecule has 0 atom stereocenters. The number of hydrogen-bond donors (Lipinski definition) is 3. The minimum absolute atomic E-state index is 0.225. The quantitative estimate of drug-likeness (QED) is 0.615. The van der Waals surface area contributed by atoms with Crippen LogP contribution in [-0.2, 0) is 0 Å². The average molecular weight is 205 g/mol. The predicted molar refractivity (Wildman–Crippen MR) is 55.4 cm³/mol. The summed E-state index contributed by atoms with van der Waals surface area (Å²) in [6.45, 7) is 4.00. The zero-order chi connectivity index (χ0) is 11.3. The summed E-state index contributed by atoms with van der Waals surface area (Å²) >= 11 is 0. The maximum atomic E-state index is 8.71. The van der Waals surface area contributed by atoms with Crippen LogP contribution in [-0.4, -0.2) is 20.2 Å². The Kier molecular flexibility index (Phi) is 3.60. The molecule has 0 saturated carbocycles. The van der Waals surface area contributed by atoms with Crippen LogP contribution in [0.5, 0.6) is 0 Å². The molecule has 3 N–H and O–H groups in total. The SMILES string of the molecule is CC.N#Cc1c[nH]c2ncnc(NO)c12. The van der Waals surface area contributed by atoms with Gasteiger partial charge in [0.05, 0.1) is 10.9 Å². The van der Waals surface area contributed by atoms with Crippen LogP contribution < -0.4 is 5.48 Å². The van der Waals surface area contributed by atoms with Crippen molar-refractivity contribution in [3.63, 3.8) is 0 Å². The molecule has 6 heteroatoms. The van der Waals surface area contributed by atoms with Crippen molar-refractivity contribution < 1.29 is 5.21 Å². The molecule has 0 bridgehead atoms. The second-order valence-corrected chi connectivity index (χ2v) is 2.37. The van der Waals surface area contributed by atoms with E-state index in [2.05, 4.69) is 15.0 Å². The molecule has 0 saturated heterocycles. The summed E-state index contributed by atoms with van der Waals surface area (Å²) in [4.78, 5) is 10.4. The lowest BCUT2D eigenvalue weighted by Gasteiger charge is -1.97. The molecule has 0 aliphatic carbocycles. The van der Waals surface area contributed by atoms with Crippen molar-refractivity contribution >= 4 is 16.9 Å². The van der Waals surface area contributed by atoms with Crippen LogP contribution in [0.25, 0.3) is 11.0 Å². The van der Waals surface area contributed by atoms with Crippen molar-refractivity contribution in [3.8, 4) is 6.07 Å². The Morgan fingerprint density at radius 3 is 2.80 bits per heavy atom. The molecular formula is C9H11N5O. The minimum Gasteiger partial charge on any atom is -0.345 e. The average Bonchev–Trinajstić information content (AvgIpc) is 2.74. The Morgan fingerprint density at radius 2 is 2.20 bits per heavy atom. The molecule has 0 fully saturated rings. The van der Waals surface area contributed by atoms with Crippen LogP contribution in [0.2, 0.25) is 0 Å². The number of aromatic nitrogens is 3. The molecule has 2 rings (SSSR count). The molecule has 0 aromatic carbocycles. The Balaban J connectivity index is 0.000000531. The maximum Gasteiger partial charge on any atom is 0.163 e. The number of nitrogens with zero attached hydrogens (tertiary/aromatic N) is 3. The van der Waals surface area contributed by atoms with Crippen LogP contribution in [0.1, 0.15) is 19.4 Å². The largest absolute Gasteiger partial charge is 0.345 e. The monoisotopic (exact) mass is 205 g/mol. The Morgan fingerprint density at radius 1 is 1.47 bits per heavy atom. The van der Waals surface area contributed by atoms with Crippen LogP contribution in [0.4, 0.5) is 5.82 Å². The number of fused-ring (bicyclic) bond motifs is 1. The van der Waals surface area contributed by atoms with E-state index >= 15 is 0 Å². The zero-order valence-electron chi connectivity index (χ0n) is 8.44. The molecule has 0 radical (unpaired) electrons. The minimum atomic E-state index is 0.225. The van der Waals surface area contributed by atoms with Crippen molar-refractivity contribution in [1.82, 2.24) is 15.0 Å². The molecule has 0 unspecified atom stereocenters. The standard InChI is InChI=1S/C7H5N5O.C2H6/c8-1-4-2-9-6-5(4)7(12-13)11-3-10-6;1-2/h2-3,13H,(H2,9,10,11,12);1-2H3. The van der Waals surface area contributed by atoms with Gasteiger partial charge in [-0.15, -0.1) is 0 Å². The Labute approximate surface area is 86.6 Å². The van der Waals surface area contributed by atoms with Gasteiger partial charge in [-0.1, -0.05) is 13.8 Å². The van der Waals surface area contributed by atoms with Gasteiger partial charge in [0.2, 0.25) is 0 Å². The highest BCUT2D eigenvalue weighted by molar-refractivity contribution is 5.91. The Bertz CT molecular complexity index is 485. The van der Waals surface area contributed by atoms with E-state index in [-0.39, 0.29) is 5.82 Å². The van der Waals surface area contributed by atoms with Crippen LogP contribution >= 0.6 is 0 Å². The van der Waals surface area contributed by atoms with Gasteiger partial charge in [-0.3, -0.25) is 10.7 Å². The van der Waals surface area contributed by atoms with Gasteiger partial charge in [-0.2, -0.15) is 5.26 Å². The smallest absolute Gasteiger partial charge is 0.163 e. The number of aromatic amines is 1. The van der Waals surface area contributed by atoms with Crippen molar-refractivity contribution in [3.05, 3.63) is 18.1 Å². The molecule has 2 aromatic heterocycles. The summed E-state index contributed by atoms with van der Waals surface area (Å²) in [5.41, 5.74) is 2.82. The maximum absolute atomic E-state index is 8.71. The van der Waals surface area contributed by atoms with Crippen LogP contribution in [0.15, 0.2) is 12.5 Å². The van der Waals surface area contributed by atoms with E-state index in [1.54, 1.807) is 0 Å². The van der Waals surface area contributed by atoms with Gasteiger partial charge in [0, 0.05) is 6.20 Å². The predicted octanol–water partition coefficient (Wildman–Crippen LogP) is 1.66. The first-order chi connectivity index (χ1) is 7.36. The lowest BCUT2D eigenvalue weighted by atomic mass is 10.2. The molecule has 0 amide bonds. The zero-order valence-corrected chi connectivity index (χ0v) is 8.44. The first kappa shape index (κ1) is 10.9. The molecule has 78 valence electrons. The lowest BCUT2D eigenvalue weighted by Crippen LogP contribution is -1.94. The third-order valence-corrected chi connectivity index (χ3v) is 1.70. The fraction of sp³-hybridized carbons (Fsp3) is 0.222. The van der Waals surface area contributed by atoms with Gasteiger partial charge in [-0.05, 0) is 0 Å². The lowest BCUT2D eigenvalue weighted by molar-refractivity contribution is 0.387. The summed E-state index contributed by atoms with van der Waals surface area (Å²) < 4.78 is 0. The number of H-pyrrole nitrogens is 1. The van der Waals surface area contributed by atoms with E-state index in [0.29, 0.717) is 16.6 Å². The third-order valence-electron chi connectivity index (χ3n) is 1.70. The number of hydrogen-bond acceptors (Lipinski definition) is 5. The molecule has 2 heterocycles. The van der Waals surface area contributed by atoms with Gasteiger partial charge in [-0.25, -0.2) is 9.97 Å². The van der Waals surface area contributed by atoms with E-state index in [4.69, 9.17) is 10.5 Å². The second-order valence-electron chi connectivity index (χ2n) is 2.37. The summed E-state index contributed by atoms with van der Waals surface area (Å²) in [7, 11) is 0. The van der Waals surface area contributed by atoms with Gasteiger partial charge in [0.1, 0.15) is 18.0 Å². The van der Waals surface area contributed by atoms with E-state index in [1.807, 2.05) is 25.4 Å². The molecule has 0 spiro atoms. The Hall–Kier alpha value is -2.13. The highest BCUT2D eigenvalue weighted by atomic mass is 16.5. The van der Waals surface area contributed by atoms with Gasteiger partial charge >= 0.3 is 0 Å². The number of rotatable bonds is 1. The molecule has 6 nitrogen and oxygen atoms in total. The normalized spacial score (nSPS) is 8.93. The fourth-order valence-corrected chi connectivity index (χ4v) is 1.14. The summed E-state index contributed by atoms with van der Waals surface area (Å²) in [5.74, 6) is 0.225. The molecular weight excluding hydrogens is 194 g/mol. The first-order valence-electron chi connectivity index (χ1n) is 4.49. The van der Waals surface area contributed by atoms with Crippen molar-refractivity contribution in [2.24, 2.45) is 0 Å². The number of anilines is 1.